The summed E-state index contributed by atoms with van der Waals surface area (Å²) in [5.74, 6) is 1.68. The number of hydrogen-bond acceptors (Lipinski definition) is 6. The average molecular weight is 419 g/mol. The van der Waals surface area contributed by atoms with Gasteiger partial charge in [-0.15, -0.1) is 0 Å². The first-order valence-corrected chi connectivity index (χ1v) is 10.8. The van der Waals surface area contributed by atoms with E-state index in [-0.39, 0.29) is 6.61 Å². The van der Waals surface area contributed by atoms with Crippen LogP contribution in [0.5, 0.6) is 5.75 Å². The van der Waals surface area contributed by atoms with E-state index in [1.807, 2.05) is 36.4 Å². The summed E-state index contributed by atoms with van der Waals surface area (Å²) in [5.41, 5.74) is 3.68. The molecule has 0 aromatic heterocycles. The van der Waals surface area contributed by atoms with Crippen LogP contribution in [0.1, 0.15) is 48.8 Å². The first kappa shape index (κ1) is 23.5. The molecule has 0 aliphatic heterocycles. The molecule has 0 amide bonds. The summed E-state index contributed by atoms with van der Waals surface area (Å²) in [7, 11) is -0.629. The number of ether oxygens (including phenoxy) is 1. The molecule has 0 heterocycles. The summed E-state index contributed by atoms with van der Waals surface area (Å²) in [6, 6.07) is 15.6. The first-order valence-electron chi connectivity index (χ1n) is 9.63. The highest BCUT2D eigenvalue weighted by Crippen LogP contribution is 2.40. The fourth-order valence-corrected chi connectivity index (χ4v) is 3.88. The minimum atomic E-state index is -2.22. The third-order valence-electron chi connectivity index (χ3n) is 5.14. The summed E-state index contributed by atoms with van der Waals surface area (Å²) in [6.07, 6.45) is 3.22. The molecule has 2 aromatic carbocycles. The molecule has 29 heavy (non-hydrogen) atoms. The Morgan fingerprint density at radius 3 is 2.34 bits per heavy atom. The summed E-state index contributed by atoms with van der Waals surface area (Å²) in [5, 5.41) is 16.3. The maximum absolute atomic E-state index is 8.77. The molecule has 2 aromatic rings. The van der Waals surface area contributed by atoms with Gasteiger partial charge in [-0.05, 0) is 55.2 Å². The van der Waals surface area contributed by atoms with Crippen LogP contribution < -0.4 is 4.74 Å². The molecule has 0 radical (unpaired) electrons. The lowest BCUT2D eigenvalue weighted by atomic mass is 9.95. The lowest BCUT2D eigenvalue weighted by Gasteiger charge is -2.13. The Bertz CT molecular complexity index is 743. The Hall–Kier alpha value is -1.82. The van der Waals surface area contributed by atoms with Gasteiger partial charge in [0.1, 0.15) is 5.75 Å². The van der Waals surface area contributed by atoms with Crippen LogP contribution in [0.15, 0.2) is 48.5 Å². The van der Waals surface area contributed by atoms with E-state index in [0.717, 1.165) is 36.1 Å². The van der Waals surface area contributed by atoms with Crippen molar-refractivity contribution in [2.75, 3.05) is 13.7 Å². The van der Waals surface area contributed by atoms with Crippen molar-refractivity contribution in [1.82, 2.24) is 0 Å². The Morgan fingerprint density at radius 2 is 1.79 bits per heavy atom. The Balaban J connectivity index is 0.000000253. The summed E-state index contributed by atoms with van der Waals surface area (Å²) >= 11 is 0. The van der Waals surface area contributed by atoms with Crippen LogP contribution in [0.25, 0.3) is 0 Å². The predicted octanol–water partition coefficient (Wildman–Crippen LogP) is 4.37. The number of methoxy groups -OCH3 is 1. The SMILES string of the molecule is CC(=N)c1ccc(C2CCC(COP(O)O)C2)cc1.COc1ccccc1CO. The molecule has 1 fully saturated rings. The largest absolute Gasteiger partial charge is 0.496 e. The first-order chi connectivity index (χ1) is 13.9. The second-order valence-electron chi connectivity index (χ2n) is 7.14. The van der Waals surface area contributed by atoms with Crippen LogP contribution in [-0.2, 0) is 11.1 Å². The van der Waals surface area contributed by atoms with Gasteiger partial charge in [-0.25, -0.2) is 0 Å². The zero-order valence-corrected chi connectivity index (χ0v) is 17.8. The van der Waals surface area contributed by atoms with Gasteiger partial charge in [0.05, 0.1) is 20.3 Å². The zero-order valence-electron chi connectivity index (χ0n) is 16.9. The molecular weight excluding hydrogens is 389 g/mol. The number of aliphatic hydroxyl groups is 1. The Morgan fingerprint density at radius 1 is 1.10 bits per heavy atom. The molecule has 6 nitrogen and oxygen atoms in total. The molecule has 7 heteroatoms. The molecule has 2 atom stereocenters. The molecule has 2 unspecified atom stereocenters. The van der Waals surface area contributed by atoms with Crippen LogP contribution >= 0.6 is 8.60 Å². The Kier molecular flexibility index (Phi) is 9.71. The molecule has 158 valence electrons. The zero-order chi connectivity index (χ0) is 21.2. The van der Waals surface area contributed by atoms with Crippen molar-refractivity contribution in [2.45, 2.75) is 38.7 Å². The smallest absolute Gasteiger partial charge is 0.327 e. The molecule has 4 N–H and O–H groups in total. The summed E-state index contributed by atoms with van der Waals surface area (Å²) in [6.45, 7) is 2.26. The van der Waals surface area contributed by atoms with Crippen LogP contribution in [-0.4, -0.2) is 34.3 Å². The van der Waals surface area contributed by atoms with Crippen molar-refractivity contribution in [1.29, 1.82) is 5.41 Å². The number of aliphatic hydroxyl groups excluding tert-OH is 1. The van der Waals surface area contributed by atoms with Crippen molar-refractivity contribution < 1.29 is 24.2 Å². The van der Waals surface area contributed by atoms with Gasteiger partial charge in [0.25, 0.3) is 0 Å². The topological polar surface area (TPSA) is 103 Å². The van der Waals surface area contributed by atoms with E-state index in [4.69, 9.17) is 29.6 Å². The van der Waals surface area contributed by atoms with Gasteiger partial charge in [0.2, 0.25) is 0 Å². The van der Waals surface area contributed by atoms with Crippen LogP contribution in [0.2, 0.25) is 0 Å². The highest BCUT2D eigenvalue weighted by molar-refractivity contribution is 7.39. The highest BCUT2D eigenvalue weighted by atomic mass is 31.2. The van der Waals surface area contributed by atoms with Gasteiger partial charge in [-0.1, -0.05) is 42.5 Å². The number of nitrogens with one attached hydrogen (secondary N) is 1. The van der Waals surface area contributed by atoms with E-state index in [1.165, 1.54) is 5.56 Å². The quantitative estimate of drug-likeness (QED) is 0.394. The van der Waals surface area contributed by atoms with Crippen LogP contribution in [0.4, 0.5) is 0 Å². The maximum atomic E-state index is 8.77. The van der Waals surface area contributed by atoms with E-state index in [2.05, 4.69) is 12.1 Å². The van der Waals surface area contributed by atoms with Gasteiger partial charge < -0.3 is 29.6 Å². The molecule has 1 aliphatic rings. The highest BCUT2D eigenvalue weighted by Gasteiger charge is 2.26. The fourth-order valence-electron chi connectivity index (χ4n) is 3.54. The normalized spacial score (nSPS) is 18.3. The van der Waals surface area contributed by atoms with Gasteiger partial charge in [-0.2, -0.15) is 0 Å². The van der Waals surface area contributed by atoms with Crippen LogP contribution in [0.3, 0.4) is 0 Å². The molecule has 0 spiro atoms. The minimum Gasteiger partial charge on any atom is -0.496 e. The molecule has 1 saturated carbocycles. The van der Waals surface area contributed by atoms with Crippen molar-refractivity contribution in [3.63, 3.8) is 0 Å². The maximum Gasteiger partial charge on any atom is 0.327 e. The van der Waals surface area contributed by atoms with E-state index < -0.39 is 8.60 Å². The summed E-state index contributed by atoms with van der Waals surface area (Å²) < 4.78 is 9.88. The van der Waals surface area contributed by atoms with E-state index in [9.17, 15) is 0 Å². The Labute approximate surface area is 173 Å². The molecule has 0 bridgehead atoms. The van der Waals surface area contributed by atoms with Gasteiger partial charge in [-0.3, -0.25) is 0 Å². The second-order valence-corrected chi connectivity index (χ2v) is 7.91. The third-order valence-corrected chi connectivity index (χ3v) is 5.52. The second kappa shape index (κ2) is 12.0. The standard InChI is InChI=1S/C14H20NO3P.C8H10O2/c1-10(15)12-4-6-13(7-5-12)14-3-2-11(8-14)9-18-19(16)17;1-10-8-5-3-2-4-7(8)6-9/h4-7,11,14-17H,2-3,8-9H2,1H3;2-5,9H,6H2,1H3. The van der Waals surface area contributed by atoms with Gasteiger partial charge in [0.15, 0.2) is 0 Å². The van der Waals surface area contributed by atoms with Gasteiger partial charge in [0, 0.05) is 11.3 Å². The van der Waals surface area contributed by atoms with E-state index >= 15 is 0 Å². The van der Waals surface area contributed by atoms with Crippen molar-refractivity contribution in [2.24, 2.45) is 5.92 Å². The number of rotatable bonds is 7. The monoisotopic (exact) mass is 419 g/mol. The summed E-state index contributed by atoms with van der Waals surface area (Å²) in [4.78, 5) is 17.5. The van der Waals surface area contributed by atoms with Crippen LogP contribution in [0, 0.1) is 11.3 Å². The lowest BCUT2D eigenvalue weighted by molar-refractivity contribution is 0.212. The lowest BCUT2D eigenvalue weighted by Crippen LogP contribution is -2.03. The van der Waals surface area contributed by atoms with Crippen molar-refractivity contribution >= 4 is 14.3 Å². The van der Waals surface area contributed by atoms with E-state index in [1.54, 1.807) is 14.0 Å². The molecule has 3 rings (SSSR count). The molecule has 0 saturated heterocycles. The average Bonchev–Trinajstić information content (AvgIpc) is 3.22. The van der Waals surface area contributed by atoms with Crippen molar-refractivity contribution in [3.8, 4) is 5.75 Å². The number of benzene rings is 2. The molecular formula is C22H30NO5P. The number of hydrogen-bond donors (Lipinski definition) is 4. The number of para-hydroxylation sites is 1. The molecule has 1 aliphatic carbocycles. The predicted molar refractivity (Wildman–Crippen MR) is 115 cm³/mol. The third kappa shape index (κ3) is 7.50. The van der Waals surface area contributed by atoms with Gasteiger partial charge >= 0.3 is 8.60 Å². The minimum absolute atomic E-state index is 0.0318. The fraction of sp³-hybridized carbons (Fsp3) is 0.409. The van der Waals surface area contributed by atoms with Crippen molar-refractivity contribution in [3.05, 3.63) is 65.2 Å². The van der Waals surface area contributed by atoms with E-state index in [0.29, 0.717) is 24.2 Å².